The Labute approximate surface area is 184 Å². The zero-order valence-corrected chi connectivity index (χ0v) is 17.0. The number of nitrogens with zero attached hydrogens (tertiary/aromatic N) is 1. The van der Waals surface area contributed by atoms with E-state index >= 15 is 0 Å². The van der Waals surface area contributed by atoms with Gasteiger partial charge in [0, 0.05) is 27.9 Å². The third kappa shape index (κ3) is 7.54. The molecule has 1 aromatic heterocycles. The molecule has 0 spiro atoms. The maximum absolute atomic E-state index is 11.7. The van der Waals surface area contributed by atoms with Crippen molar-refractivity contribution in [1.82, 2.24) is 4.57 Å². The fourth-order valence-corrected chi connectivity index (χ4v) is 2.81. The number of hydrogen-bond acceptors (Lipinski definition) is 3. The van der Waals surface area contributed by atoms with Gasteiger partial charge in [0.05, 0.1) is 12.1 Å². The van der Waals surface area contributed by atoms with E-state index in [2.05, 4.69) is 4.74 Å². The van der Waals surface area contributed by atoms with Gasteiger partial charge in [-0.3, -0.25) is 4.79 Å². The number of aromatic carboxylic acids is 1. The average molecular weight is 474 g/mol. The molecule has 0 amide bonds. The highest BCUT2D eigenvalue weighted by molar-refractivity contribution is 6.35. The molecule has 2 aromatic carbocycles. The lowest BCUT2D eigenvalue weighted by atomic mass is 10.2. The van der Waals surface area contributed by atoms with Crippen LogP contribution >= 0.6 is 23.2 Å². The number of ether oxygens (including phenoxy) is 1. The monoisotopic (exact) mass is 473 g/mol. The van der Waals surface area contributed by atoms with Crippen LogP contribution in [0.5, 0.6) is 5.75 Å². The predicted octanol–water partition coefficient (Wildman–Crippen LogP) is 6.17. The Bertz CT molecular complexity index is 1100. The highest BCUT2D eigenvalue weighted by atomic mass is 35.5. The van der Waals surface area contributed by atoms with Crippen LogP contribution in [0.4, 0.5) is 18.9 Å². The van der Waals surface area contributed by atoms with E-state index in [0.717, 1.165) is 12.1 Å². The Hall–Kier alpha value is -3.17. The van der Waals surface area contributed by atoms with Gasteiger partial charge < -0.3 is 20.1 Å². The van der Waals surface area contributed by atoms with Crippen molar-refractivity contribution in [3.63, 3.8) is 0 Å². The minimum atomic E-state index is -4.66. The summed E-state index contributed by atoms with van der Waals surface area (Å²) in [5.74, 6) is -1.41. The van der Waals surface area contributed by atoms with E-state index in [-0.39, 0.29) is 29.1 Å². The molecule has 0 radical (unpaired) electrons. The van der Waals surface area contributed by atoms with Crippen LogP contribution in [0.1, 0.15) is 15.9 Å². The first-order valence-corrected chi connectivity index (χ1v) is 9.16. The van der Waals surface area contributed by atoms with Crippen molar-refractivity contribution < 1.29 is 27.8 Å². The Morgan fingerprint density at radius 1 is 1.03 bits per heavy atom. The van der Waals surface area contributed by atoms with Crippen molar-refractivity contribution in [3.8, 4) is 5.75 Å². The van der Waals surface area contributed by atoms with Gasteiger partial charge in [0.25, 0.3) is 5.56 Å². The molecule has 164 valence electrons. The predicted molar refractivity (Wildman–Crippen MR) is 110 cm³/mol. The highest BCUT2D eigenvalue weighted by Gasteiger charge is 2.30. The number of aromatic nitrogens is 1. The Kier molecular flexibility index (Phi) is 7.95. The van der Waals surface area contributed by atoms with Crippen LogP contribution in [0.15, 0.2) is 65.6 Å². The van der Waals surface area contributed by atoms with Crippen LogP contribution in [0.2, 0.25) is 10.0 Å². The Morgan fingerprint density at radius 2 is 1.61 bits per heavy atom. The normalized spacial score (nSPS) is 10.7. The summed E-state index contributed by atoms with van der Waals surface area (Å²) in [6.07, 6.45) is -3.39. The molecule has 0 saturated carbocycles. The second kappa shape index (κ2) is 10.2. The topological polar surface area (TPSA) is 92.3 Å². The summed E-state index contributed by atoms with van der Waals surface area (Å²) in [6, 6.07) is 12.1. The van der Waals surface area contributed by atoms with E-state index in [4.69, 9.17) is 34.0 Å². The van der Waals surface area contributed by atoms with Gasteiger partial charge in [0.15, 0.2) is 0 Å². The van der Waals surface area contributed by atoms with E-state index in [1.54, 1.807) is 18.2 Å². The van der Waals surface area contributed by atoms with E-state index in [0.29, 0.717) is 15.6 Å². The number of carboxylic acids is 1. The molecule has 31 heavy (non-hydrogen) atoms. The van der Waals surface area contributed by atoms with E-state index in [1.807, 2.05) is 0 Å². The summed E-state index contributed by atoms with van der Waals surface area (Å²) in [4.78, 5) is 22.6. The molecule has 2 N–H and O–H groups in total. The van der Waals surface area contributed by atoms with Crippen molar-refractivity contribution in [1.29, 1.82) is 0 Å². The third-order valence-electron chi connectivity index (χ3n) is 3.71. The molecule has 3 rings (SSSR count). The van der Waals surface area contributed by atoms with Crippen LogP contribution < -0.4 is 10.3 Å². The lowest BCUT2D eigenvalue weighted by molar-refractivity contribution is -0.274. The molecular weight excluding hydrogens is 460 g/mol. The number of hydrogen-bond donors (Lipinski definition) is 1. The number of nitrogens with one attached hydrogen (secondary N) is 1. The molecule has 1 heterocycles. The van der Waals surface area contributed by atoms with E-state index in [9.17, 15) is 22.8 Å². The maximum Gasteiger partial charge on any atom is 0.573 e. The molecule has 0 aliphatic heterocycles. The molecular formula is C20H14Cl2F3N2O4-. The first kappa shape index (κ1) is 24.1. The molecule has 0 bridgehead atoms. The molecule has 0 aliphatic carbocycles. The van der Waals surface area contributed by atoms with Crippen LogP contribution in [-0.4, -0.2) is 22.0 Å². The van der Waals surface area contributed by atoms with E-state index < -0.39 is 12.3 Å². The zero-order chi connectivity index (χ0) is 23.2. The fourth-order valence-electron chi connectivity index (χ4n) is 2.29. The summed E-state index contributed by atoms with van der Waals surface area (Å²) >= 11 is 12.0. The second-order valence-electron chi connectivity index (χ2n) is 5.96. The minimum absolute atomic E-state index is 0.0303. The van der Waals surface area contributed by atoms with Crippen LogP contribution in [0.25, 0.3) is 5.73 Å². The summed E-state index contributed by atoms with van der Waals surface area (Å²) in [7, 11) is 0. The fraction of sp³-hybridized carbons (Fsp3) is 0.100. The lowest BCUT2D eigenvalue weighted by Gasteiger charge is -2.10. The van der Waals surface area contributed by atoms with Gasteiger partial charge in [-0.25, -0.2) is 4.79 Å². The Balaban J connectivity index is 0.000000245. The number of carboxylic acid groups (broad SMARTS) is 1. The number of pyridine rings is 1. The van der Waals surface area contributed by atoms with Gasteiger partial charge >= 0.3 is 12.3 Å². The van der Waals surface area contributed by atoms with Gasteiger partial charge in [-0.15, -0.1) is 18.9 Å². The molecule has 0 fully saturated rings. The number of halogens is 5. The van der Waals surface area contributed by atoms with Crippen LogP contribution in [0.3, 0.4) is 0 Å². The molecule has 11 heteroatoms. The van der Waals surface area contributed by atoms with Crippen molar-refractivity contribution in [2.45, 2.75) is 12.9 Å². The molecule has 0 aliphatic rings. The SMILES string of the molecule is O=C(O)c1ccc(=O)n(Cc2c(Cl)cccc2Cl)c1.[NH-]c1ccc(OC(F)(F)F)cc1. The standard InChI is InChI=1S/C13H9Cl2NO3.C7H5F3NO/c14-10-2-1-3-11(15)9(10)7-16-6-8(13(18)19)4-5-12(16)17;8-7(9,10)12-6-3-1-5(11)2-4-6/h1-6H,7H2,(H,18,19);1-4,11H/q;-1. The minimum Gasteiger partial charge on any atom is -0.699 e. The third-order valence-corrected chi connectivity index (χ3v) is 4.42. The van der Waals surface area contributed by atoms with Gasteiger partial charge in [0.1, 0.15) is 5.75 Å². The van der Waals surface area contributed by atoms with Crippen molar-refractivity contribution >= 4 is 34.9 Å². The maximum atomic E-state index is 11.7. The summed E-state index contributed by atoms with van der Waals surface area (Å²) < 4.78 is 39.6. The van der Waals surface area contributed by atoms with Crippen molar-refractivity contribution in [2.24, 2.45) is 0 Å². The Morgan fingerprint density at radius 3 is 2.13 bits per heavy atom. The molecule has 0 saturated heterocycles. The van der Waals surface area contributed by atoms with Gasteiger partial charge in [-0.1, -0.05) is 41.4 Å². The van der Waals surface area contributed by atoms with Crippen molar-refractivity contribution in [2.75, 3.05) is 0 Å². The number of benzene rings is 2. The molecule has 0 unspecified atom stereocenters. The zero-order valence-electron chi connectivity index (χ0n) is 15.5. The van der Waals surface area contributed by atoms with E-state index in [1.165, 1.54) is 35.0 Å². The number of rotatable bonds is 4. The number of carbonyl (C=O) groups is 1. The smallest absolute Gasteiger partial charge is 0.573 e. The summed E-state index contributed by atoms with van der Waals surface area (Å²) in [5, 5.41) is 9.77. The molecule has 0 atom stereocenters. The van der Waals surface area contributed by atoms with Gasteiger partial charge in [0.2, 0.25) is 0 Å². The van der Waals surface area contributed by atoms with Crippen molar-refractivity contribution in [3.05, 3.63) is 98.1 Å². The van der Waals surface area contributed by atoms with Gasteiger partial charge in [-0.2, -0.15) is 0 Å². The summed E-state index contributed by atoms with van der Waals surface area (Å²) in [5.41, 5.74) is 7.42. The molecule has 6 nitrogen and oxygen atoms in total. The lowest BCUT2D eigenvalue weighted by Crippen LogP contribution is -2.21. The first-order valence-electron chi connectivity index (χ1n) is 8.40. The summed E-state index contributed by atoms with van der Waals surface area (Å²) in [6.45, 7) is 0.123. The second-order valence-corrected chi connectivity index (χ2v) is 6.78. The van der Waals surface area contributed by atoms with Crippen LogP contribution in [0, 0.1) is 0 Å². The molecule has 3 aromatic rings. The first-order chi connectivity index (χ1) is 14.5. The largest absolute Gasteiger partial charge is 0.699 e. The number of alkyl halides is 3. The highest BCUT2D eigenvalue weighted by Crippen LogP contribution is 2.25. The average Bonchev–Trinajstić information content (AvgIpc) is 2.67. The van der Waals surface area contributed by atoms with Gasteiger partial charge in [-0.05, 0) is 30.3 Å². The van der Waals surface area contributed by atoms with Crippen LogP contribution in [-0.2, 0) is 6.54 Å². The quantitative estimate of drug-likeness (QED) is 0.490.